The van der Waals surface area contributed by atoms with Gasteiger partial charge in [-0.25, -0.2) is 0 Å². The van der Waals surface area contributed by atoms with Gasteiger partial charge < -0.3 is 15.2 Å². The molecule has 2 fully saturated rings. The first-order valence-corrected chi connectivity index (χ1v) is 7.44. The first kappa shape index (κ1) is 15.3. The predicted octanol–water partition coefficient (Wildman–Crippen LogP) is 0.609. The summed E-state index contributed by atoms with van der Waals surface area (Å²) in [5.41, 5.74) is 0. The van der Waals surface area contributed by atoms with Crippen molar-refractivity contribution in [2.45, 2.75) is 57.2 Å². The second kappa shape index (κ2) is 7.04. The van der Waals surface area contributed by atoms with Gasteiger partial charge in [-0.1, -0.05) is 0 Å². The molecule has 2 aliphatic rings. The summed E-state index contributed by atoms with van der Waals surface area (Å²) in [4.78, 5) is 24.6. The minimum atomic E-state index is -0.826. The number of likely N-dealkylation sites (tertiary alicyclic amines) is 1. The number of amides is 1. The number of nitrogens with zero attached hydrogens (tertiary/aromatic N) is 1. The molecule has 1 aliphatic heterocycles. The minimum absolute atomic E-state index is 0.0560. The Kier molecular flexibility index (Phi) is 5.37. The van der Waals surface area contributed by atoms with E-state index >= 15 is 0 Å². The van der Waals surface area contributed by atoms with Crippen molar-refractivity contribution in [1.29, 1.82) is 0 Å². The molecular weight excluding hydrogens is 260 g/mol. The highest BCUT2D eigenvalue weighted by molar-refractivity contribution is 5.81. The van der Waals surface area contributed by atoms with Gasteiger partial charge in [-0.2, -0.15) is 0 Å². The summed E-state index contributed by atoms with van der Waals surface area (Å²) < 4.78 is 5.55. The normalized spacial score (nSPS) is 22.4. The number of piperidine rings is 1. The van der Waals surface area contributed by atoms with Gasteiger partial charge in [-0.05, 0) is 32.6 Å². The molecule has 2 rings (SSSR count). The third kappa shape index (κ3) is 4.76. The maximum absolute atomic E-state index is 12.0. The maximum Gasteiger partial charge on any atom is 0.305 e. The molecule has 0 aromatic rings. The molecule has 114 valence electrons. The van der Waals surface area contributed by atoms with Crippen molar-refractivity contribution in [3.63, 3.8) is 0 Å². The first-order chi connectivity index (χ1) is 9.56. The summed E-state index contributed by atoms with van der Waals surface area (Å²) in [6.45, 7) is 3.88. The number of carboxylic acids is 1. The van der Waals surface area contributed by atoms with Gasteiger partial charge in [0.05, 0.1) is 25.2 Å². The fourth-order valence-corrected chi connectivity index (χ4v) is 2.46. The van der Waals surface area contributed by atoms with Gasteiger partial charge in [-0.15, -0.1) is 0 Å². The van der Waals surface area contributed by atoms with E-state index in [1.54, 1.807) is 0 Å². The lowest BCUT2D eigenvalue weighted by atomic mass is 10.1. The molecule has 1 saturated heterocycles. The average molecular weight is 284 g/mol. The van der Waals surface area contributed by atoms with Crippen LogP contribution in [-0.2, 0) is 14.3 Å². The van der Waals surface area contributed by atoms with E-state index < -0.39 is 5.97 Å². The maximum atomic E-state index is 12.0. The molecule has 6 nitrogen and oxygen atoms in total. The number of carboxylic acid groups (broad SMARTS) is 1. The van der Waals surface area contributed by atoms with Crippen molar-refractivity contribution in [1.82, 2.24) is 10.2 Å². The molecule has 0 aromatic heterocycles. The zero-order valence-electron chi connectivity index (χ0n) is 12.0. The van der Waals surface area contributed by atoms with E-state index in [-0.39, 0.29) is 31.1 Å². The second-order valence-corrected chi connectivity index (χ2v) is 5.71. The van der Waals surface area contributed by atoms with Gasteiger partial charge in [-0.3, -0.25) is 14.5 Å². The molecular formula is C14H24N2O4. The summed E-state index contributed by atoms with van der Waals surface area (Å²) in [5.74, 6) is -0.703. The number of ether oxygens (including phenoxy) is 1. The lowest BCUT2D eigenvalue weighted by Gasteiger charge is -2.35. The van der Waals surface area contributed by atoms with Crippen LogP contribution in [0, 0.1) is 0 Å². The molecule has 0 bridgehead atoms. The number of rotatable bonds is 7. The molecule has 0 spiro atoms. The van der Waals surface area contributed by atoms with Crippen LogP contribution < -0.4 is 5.32 Å². The van der Waals surface area contributed by atoms with Crippen LogP contribution in [0.15, 0.2) is 0 Å². The van der Waals surface area contributed by atoms with Gasteiger partial charge in [0, 0.05) is 19.1 Å². The van der Waals surface area contributed by atoms with Crippen molar-refractivity contribution < 1.29 is 19.4 Å². The standard InChI is InChI=1S/C14H24N2O4/c1-10(14(19)15-11-2-3-11)16-7-4-12(5-8-16)20-9-6-13(17)18/h10-12H,2-9H2,1H3,(H,15,19)(H,17,18). The Morgan fingerprint density at radius 2 is 1.95 bits per heavy atom. The fourth-order valence-electron chi connectivity index (χ4n) is 2.46. The Hall–Kier alpha value is -1.14. The predicted molar refractivity (Wildman–Crippen MR) is 73.4 cm³/mol. The smallest absolute Gasteiger partial charge is 0.305 e. The van der Waals surface area contributed by atoms with E-state index in [1.807, 2.05) is 6.92 Å². The second-order valence-electron chi connectivity index (χ2n) is 5.71. The lowest BCUT2D eigenvalue weighted by molar-refractivity contribution is -0.139. The molecule has 1 amide bonds. The average Bonchev–Trinajstić information content (AvgIpc) is 3.22. The third-order valence-corrected chi connectivity index (χ3v) is 4.00. The lowest BCUT2D eigenvalue weighted by Crippen LogP contribution is -2.49. The summed E-state index contributed by atoms with van der Waals surface area (Å²) >= 11 is 0. The molecule has 1 saturated carbocycles. The third-order valence-electron chi connectivity index (χ3n) is 4.00. The summed E-state index contributed by atoms with van der Waals surface area (Å²) in [6, 6.07) is 0.317. The Labute approximate surface area is 119 Å². The Morgan fingerprint density at radius 3 is 2.50 bits per heavy atom. The van der Waals surface area contributed by atoms with E-state index in [1.165, 1.54) is 0 Å². The number of aliphatic carboxylic acids is 1. The summed E-state index contributed by atoms with van der Waals surface area (Å²) in [5, 5.41) is 11.6. The van der Waals surface area contributed by atoms with Crippen molar-refractivity contribution in [2.75, 3.05) is 19.7 Å². The molecule has 2 N–H and O–H groups in total. The Morgan fingerprint density at radius 1 is 1.30 bits per heavy atom. The van der Waals surface area contributed by atoms with Crippen LogP contribution in [0.3, 0.4) is 0 Å². The molecule has 1 aliphatic carbocycles. The SMILES string of the molecule is CC(C(=O)NC1CC1)N1CCC(OCCC(=O)O)CC1. The first-order valence-electron chi connectivity index (χ1n) is 7.44. The fraction of sp³-hybridized carbons (Fsp3) is 0.857. The van der Waals surface area contributed by atoms with E-state index in [9.17, 15) is 9.59 Å². The summed E-state index contributed by atoms with van der Waals surface area (Å²) in [6.07, 6.45) is 4.13. The molecule has 20 heavy (non-hydrogen) atoms. The highest BCUT2D eigenvalue weighted by Gasteiger charge is 2.30. The number of nitrogens with one attached hydrogen (secondary N) is 1. The van der Waals surface area contributed by atoms with Crippen LogP contribution in [0.2, 0.25) is 0 Å². The van der Waals surface area contributed by atoms with E-state index in [0.717, 1.165) is 38.8 Å². The number of hydrogen-bond donors (Lipinski definition) is 2. The molecule has 6 heteroatoms. The van der Waals surface area contributed by atoms with Crippen molar-refractivity contribution in [2.24, 2.45) is 0 Å². The highest BCUT2D eigenvalue weighted by atomic mass is 16.5. The van der Waals surface area contributed by atoms with Gasteiger partial charge in [0.2, 0.25) is 5.91 Å². The van der Waals surface area contributed by atoms with Gasteiger partial charge in [0.15, 0.2) is 0 Å². The van der Waals surface area contributed by atoms with E-state index in [0.29, 0.717) is 6.04 Å². The number of carbonyl (C=O) groups excluding carboxylic acids is 1. The quantitative estimate of drug-likeness (QED) is 0.716. The molecule has 1 atom stereocenters. The van der Waals surface area contributed by atoms with Crippen molar-refractivity contribution in [3.8, 4) is 0 Å². The van der Waals surface area contributed by atoms with Crippen LogP contribution in [-0.4, -0.2) is 59.8 Å². The molecule has 1 heterocycles. The van der Waals surface area contributed by atoms with Crippen LogP contribution >= 0.6 is 0 Å². The van der Waals surface area contributed by atoms with Crippen LogP contribution in [0.1, 0.15) is 39.0 Å². The monoisotopic (exact) mass is 284 g/mol. The van der Waals surface area contributed by atoms with Crippen LogP contribution in [0.4, 0.5) is 0 Å². The highest BCUT2D eigenvalue weighted by Crippen LogP contribution is 2.20. The number of carbonyl (C=O) groups is 2. The van der Waals surface area contributed by atoms with E-state index in [4.69, 9.17) is 9.84 Å². The zero-order chi connectivity index (χ0) is 14.5. The van der Waals surface area contributed by atoms with Crippen molar-refractivity contribution in [3.05, 3.63) is 0 Å². The molecule has 0 aromatic carbocycles. The minimum Gasteiger partial charge on any atom is -0.481 e. The largest absolute Gasteiger partial charge is 0.481 e. The van der Waals surface area contributed by atoms with E-state index in [2.05, 4.69) is 10.2 Å². The van der Waals surface area contributed by atoms with Gasteiger partial charge in [0.25, 0.3) is 0 Å². The molecule has 1 unspecified atom stereocenters. The number of hydrogen-bond acceptors (Lipinski definition) is 4. The topological polar surface area (TPSA) is 78.9 Å². The Bertz CT molecular complexity index is 349. The van der Waals surface area contributed by atoms with Crippen molar-refractivity contribution >= 4 is 11.9 Å². The van der Waals surface area contributed by atoms with Crippen LogP contribution in [0.5, 0.6) is 0 Å². The van der Waals surface area contributed by atoms with Gasteiger partial charge in [0.1, 0.15) is 0 Å². The van der Waals surface area contributed by atoms with Gasteiger partial charge >= 0.3 is 5.97 Å². The molecule has 0 radical (unpaired) electrons. The summed E-state index contributed by atoms with van der Waals surface area (Å²) in [7, 11) is 0. The van der Waals surface area contributed by atoms with Crippen LogP contribution in [0.25, 0.3) is 0 Å². The zero-order valence-corrected chi connectivity index (χ0v) is 12.0. The Balaban J connectivity index is 1.64.